The topological polar surface area (TPSA) is 32.8 Å². The lowest BCUT2D eigenvalue weighted by molar-refractivity contribution is 0.295. The fraction of sp³-hybridized carbons (Fsp3) is 1.00. The number of epoxide rings is 1. The van der Waals surface area contributed by atoms with E-state index in [9.17, 15) is 0 Å². The van der Waals surface area contributed by atoms with Crippen molar-refractivity contribution >= 4 is 0 Å². The van der Waals surface area contributed by atoms with Crippen molar-refractivity contribution in [3.8, 4) is 0 Å². The van der Waals surface area contributed by atoms with Crippen LogP contribution in [0.1, 0.15) is 20.3 Å². The third kappa shape index (κ3) is 9.33. The first-order chi connectivity index (χ1) is 3.81. The molecule has 1 N–H and O–H groups in total. The van der Waals surface area contributed by atoms with E-state index >= 15 is 0 Å². The van der Waals surface area contributed by atoms with Gasteiger partial charge in [0.15, 0.2) is 0 Å². The molecule has 1 heterocycles. The lowest BCUT2D eigenvalue weighted by atomic mass is 10.5. The van der Waals surface area contributed by atoms with Crippen LogP contribution in [0.25, 0.3) is 0 Å². The van der Waals surface area contributed by atoms with Gasteiger partial charge in [-0.25, -0.2) is 0 Å². The third-order valence-electron chi connectivity index (χ3n) is 0.724. The Morgan fingerprint density at radius 2 is 2.00 bits per heavy atom. The van der Waals surface area contributed by atoms with Gasteiger partial charge in [0.2, 0.25) is 0 Å². The van der Waals surface area contributed by atoms with Gasteiger partial charge in [0.05, 0.1) is 12.7 Å². The molecular weight excluding hydrogens is 104 g/mol. The molecule has 0 radical (unpaired) electrons. The molecule has 1 saturated heterocycles. The Kier molecular flexibility index (Phi) is 5.01. The van der Waals surface area contributed by atoms with Gasteiger partial charge in [0.1, 0.15) is 0 Å². The highest BCUT2D eigenvalue weighted by atomic mass is 16.6. The summed E-state index contributed by atoms with van der Waals surface area (Å²) in [6.07, 6.45) is 1.46. The zero-order valence-electron chi connectivity index (χ0n) is 5.55. The van der Waals surface area contributed by atoms with Crippen LogP contribution >= 0.6 is 0 Å². The molecule has 0 aliphatic carbocycles. The van der Waals surface area contributed by atoms with Crippen LogP contribution in [0.2, 0.25) is 0 Å². The molecule has 1 rings (SSSR count). The molecule has 0 spiro atoms. The highest BCUT2D eigenvalue weighted by molar-refractivity contribution is 4.58. The minimum absolute atomic E-state index is 0.319. The minimum atomic E-state index is 0.319. The summed E-state index contributed by atoms with van der Waals surface area (Å²) in [7, 11) is 0. The van der Waals surface area contributed by atoms with Crippen LogP contribution in [0.3, 0.4) is 0 Å². The van der Waals surface area contributed by atoms with Crippen LogP contribution in [-0.2, 0) is 4.74 Å². The van der Waals surface area contributed by atoms with Crippen molar-refractivity contribution in [1.29, 1.82) is 0 Å². The summed E-state index contributed by atoms with van der Waals surface area (Å²) in [4.78, 5) is 0. The van der Waals surface area contributed by atoms with E-state index in [0.29, 0.717) is 12.7 Å². The minimum Gasteiger partial charge on any atom is -0.396 e. The molecule has 2 heteroatoms. The van der Waals surface area contributed by atoms with Crippen LogP contribution in [0, 0.1) is 0 Å². The Bertz CT molecular complexity index is 39.8. The van der Waals surface area contributed by atoms with Crippen LogP contribution in [-0.4, -0.2) is 24.4 Å². The van der Waals surface area contributed by atoms with Crippen molar-refractivity contribution in [2.45, 2.75) is 26.4 Å². The molecule has 1 aliphatic heterocycles. The van der Waals surface area contributed by atoms with Crippen molar-refractivity contribution in [3.05, 3.63) is 0 Å². The summed E-state index contributed by atoms with van der Waals surface area (Å²) < 4.78 is 4.71. The maximum atomic E-state index is 7.88. The molecule has 0 aromatic heterocycles. The summed E-state index contributed by atoms with van der Waals surface area (Å²) in [6.45, 7) is 5.29. The molecule has 0 aromatic rings. The molecule has 1 unspecified atom stereocenters. The summed E-state index contributed by atoms with van der Waals surface area (Å²) in [6, 6.07) is 0. The fourth-order valence-corrected chi connectivity index (χ4v) is 0.0962. The summed E-state index contributed by atoms with van der Waals surface area (Å²) >= 11 is 0. The van der Waals surface area contributed by atoms with Crippen LogP contribution < -0.4 is 0 Å². The Balaban J connectivity index is 0.000000122. The average Bonchev–Trinajstić information content (AvgIpc) is 2.52. The van der Waals surface area contributed by atoms with E-state index < -0.39 is 0 Å². The molecule has 1 fully saturated rings. The van der Waals surface area contributed by atoms with E-state index in [2.05, 4.69) is 6.92 Å². The zero-order valence-corrected chi connectivity index (χ0v) is 5.55. The molecule has 0 bridgehead atoms. The smallest absolute Gasteiger partial charge is 0.0781 e. The van der Waals surface area contributed by atoms with Crippen molar-refractivity contribution in [3.63, 3.8) is 0 Å². The highest BCUT2D eigenvalue weighted by Crippen LogP contribution is 2.04. The molecule has 1 atom stereocenters. The van der Waals surface area contributed by atoms with Gasteiger partial charge in [-0.15, -0.1) is 0 Å². The standard InChI is InChI=1S/C3H6O.C3H8O/c1-3-2-4-3;1-2-3-4/h3H,2H2,1H3;4H,2-3H2,1H3. The molecule has 0 amide bonds. The third-order valence-corrected chi connectivity index (χ3v) is 0.724. The molecular formula is C6H14O2. The Morgan fingerprint density at radius 1 is 1.75 bits per heavy atom. The molecule has 2 nitrogen and oxygen atoms in total. The Hall–Kier alpha value is -0.0800. The van der Waals surface area contributed by atoms with E-state index in [1.807, 2.05) is 6.92 Å². The SMILES string of the molecule is CC1CO1.CCCO. The van der Waals surface area contributed by atoms with Gasteiger partial charge in [-0.05, 0) is 13.3 Å². The Labute approximate surface area is 50.5 Å². The van der Waals surface area contributed by atoms with Crippen molar-refractivity contribution in [2.24, 2.45) is 0 Å². The quantitative estimate of drug-likeness (QED) is 0.516. The number of aliphatic hydroxyl groups excluding tert-OH is 1. The number of hydrogen-bond donors (Lipinski definition) is 1. The van der Waals surface area contributed by atoms with Crippen molar-refractivity contribution < 1.29 is 9.84 Å². The van der Waals surface area contributed by atoms with Gasteiger partial charge in [-0.2, -0.15) is 0 Å². The second-order valence-corrected chi connectivity index (χ2v) is 1.87. The van der Waals surface area contributed by atoms with Crippen molar-refractivity contribution in [1.82, 2.24) is 0 Å². The van der Waals surface area contributed by atoms with Gasteiger partial charge in [0.25, 0.3) is 0 Å². The van der Waals surface area contributed by atoms with Crippen LogP contribution in [0.5, 0.6) is 0 Å². The summed E-state index contributed by atoms with van der Waals surface area (Å²) in [5.74, 6) is 0. The largest absolute Gasteiger partial charge is 0.396 e. The summed E-state index contributed by atoms with van der Waals surface area (Å²) in [5.41, 5.74) is 0. The van der Waals surface area contributed by atoms with E-state index in [1.54, 1.807) is 0 Å². The maximum Gasteiger partial charge on any atom is 0.0781 e. The van der Waals surface area contributed by atoms with Crippen LogP contribution in [0.4, 0.5) is 0 Å². The second kappa shape index (κ2) is 5.06. The molecule has 0 saturated carbocycles. The lowest BCUT2D eigenvalue weighted by Gasteiger charge is -1.69. The molecule has 50 valence electrons. The number of rotatable bonds is 1. The van der Waals surface area contributed by atoms with E-state index in [1.165, 1.54) is 0 Å². The van der Waals surface area contributed by atoms with E-state index in [0.717, 1.165) is 13.0 Å². The average molecular weight is 118 g/mol. The number of ether oxygens (including phenoxy) is 1. The first kappa shape index (κ1) is 7.92. The van der Waals surface area contributed by atoms with Crippen molar-refractivity contribution in [2.75, 3.05) is 13.2 Å². The first-order valence-corrected chi connectivity index (χ1v) is 3.03. The highest BCUT2D eigenvalue weighted by Gasteiger charge is 2.13. The van der Waals surface area contributed by atoms with Crippen LogP contribution in [0.15, 0.2) is 0 Å². The molecule has 1 aliphatic rings. The van der Waals surface area contributed by atoms with Gasteiger partial charge >= 0.3 is 0 Å². The van der Waals surface area contributed by atoms with Gasteiger partial charge in [0, 0.05) is 6.61 Å². The zero-order chi connectivity index (χ0) is 6.41. The van der Waals surface area contributed by atoms with E-state index in [-0.39, 0.29) is 0 Å². The fourth-order valence-electron chi connectivity index (χ4n) is 0.0962. The van der Waals surface area contributed by atoms with Gasteiger partial charge in [-0.1, -0.05) is 6.92 Å². The molecule has 0 aromatic carbocycles. The maximum absolute atomic E-state index is 7.88. The summed E-state index contributed by atoms with van der Waals surface area (Å²) in [5, 5.41) is 7.88. The normalized spacial score (nSPS) is 23.6. The number of hydrogen-bond acceptors (Lipinski definition) is 2. The molecule has 8 heavy (non-hydrogen) atoms. The Morgan fingerprint density at radius 3 is 2.00 bits per heavy atom. The second-order valence-electron chi connectivity index (χ2n) is 1.87. The lowest BCUT2D eigenvalue weighted by Crippen LogP contribution is -1.69. The van der Waals surface area contributed by atoms with E-state index in [4.69, 9.17) is 9.84 Å². The predicted octanol–water partition coefficient (Wildman–Crippen LogP) is 0.794. The predicted molar refractivity (Wildman–Crippen MR) is 32.8 cm³/mol. The van der Waals surface area contributed by atoms with Gasteiger partial charge in [-0.3, -0.25) is 0 Å². The number of aliphatic hydroxyl groups is 1. The van der Waals surface area contributed by atoms with Gasteiger partial charge < -0.3 is 9.84 Å². The monoisotopic (exact) mass is 118 g/mol. The first-order valence-electron chi connectivity index (χ1n) is 3.03.